The van der Waals surface area contributed by atoms with Crippen LogP contribution in [0.4, 0.5) is 11.4 Å². The lowest BCUT2D eigenvalue weighted by Gasteiger charge is -2.17. The van der Waals surface area contributed by atoms with Crippen molar-refractivity contribution in [2.24, 2.45) is 0 Å². The van der Waals surface area contributed by atoms with E-state index < -0.39 is 16.8 Å². The molecule has 9 heteroatoms. The summed E-state index contributed by atoms with van der Waals surface area (Å²) in [5, 5.41) is 10.9. The number of ether oxygens (including phenoxy) is 3. The number of carbonyl (C=O) groups excluding carboxylic acids is 2. The number of rotatable bonds is 4. The van der Waals surface area contributed by atoms with E-state index in [4.69, 9.17) is 14.2 Å². The first-order valence-corrected chi connectivity index (χ1v) is 8.90. The van der Waals surface area contributed by atoms with Gasteiger partial charge in [0.1, 0.15) is 0 Å². The molecule has 2 aromatic rings. The summed E-state index contributed by atoms with van der Waals surface area (Å²) in [6.07, 6.45) is 1.57. The minimum atomic E-state index is -0.655. The number of amides is 1. The van der Waals surface area contributed by atoms with E-state index in [9.17, 15) is 19.7 Å². The Kier molecular flexibility index (Phi) is 4.71. The Morgan fingerprint density at radius 2 is 1.87 bits per heavy atom. The molecule has 0 atom stereocenters. The molecule has 0 saturated carbocycles. The summed E-state index contributed by atoms with van der Waals surface area (Å²) in [6, 6.07) is 10.7. The monoisotopic (exact) mass is 408 g/mol. The molecule has 30 heavy (non-hydrogen) atoms. The van der Waals surface area contributed by atoms with Gasteiger partial charge in [-0.3, -0.25) is 19.8 Å². The zero-order valence-electron chi connectivity index (χ0n) is 16.1. The quantitative estimate of drug-likeness (QED) is 0.331. The minimum Gasteiger partial charge on any atom is -0.465 e. The number of esters is 1. The van der Waals surface area contributed by atoms with Gasteiger partial charge in [-0.25, -0.2) is 4.79 Å². The van der Waals surface area contributed by atoms with E-state index >= 15 is 0 Å². The molecule has 0 fully saturated rings. The standard InChI is InChI=1S/C21H16N2O7/c1-12-19(21(25)28-2)16(9-13-3-8-17-18(10-13)30-11-29-17)20(24)22(12)14-4-6-15(7-5-14)23(26)27/h3-10H,11H2,1-2H3/b16-9-. The molecule has 0 bridgehead atoms. The zero-order valence-corrected chi connectivity index (χ0v) is 16.1. The molecule has 0 radical (unpaired) electrons. The van der Waals surface area contributed by atoms with Crippen LogP contribution in [0.2, 0.25) is 0 Å². The third-order valence-electron chi connectivity index (χ3n) is 4.82. The molecule has 2 aliphatic heterocycles. The van der Waals surface area contributed by atoms with Gasteiger partial charge < -0.3 is 14.2 Å². The van der Waals surface area contributed by atoms with E-state index in [-0.39, 0.29) is 23.6 Å². The van der Waals surface area contributed by atoms with Gasteiger partial charge in [-0.15, -0.1) is 0 Å². The predicted molar refractivity (Wildman–Crippen MR) is 106 cm³/mol. The summed E-state index contributed by atoms with van der Waals surface area (Å²) in [5.74, 6) is 0.0429. The van der Waals surface area contributed by atoms with Gasteiger partial charge in [0.15, 0.2) is 11.5 Å². The van der Waals surface area contributed by atoms with Gasteiger partial charge in [-0.1, -0.05) is 6.07 Å². The number of methoxy groups -OCH3 is 1. The Labute approximate surface area is 170 Å². The summed E-state index contributed by atoms with van der Waals surface area (Å²) < 4.78 is 15.5. The number of anilines is 1. The number of nitrogens with zero attached hydrogens (tertiary/aromatic N) is 2. The van der Waals surface area contributed by atoms with Crippen molar-refractivity contribution < 1.29 is 28.7 Å². The second kappa shape index (κ2) is 7.36. The van der Waals surface area contributed by atoms with Gasteiger partial charge in [-0.2, -0.15) is 0 Å². The topological polar surface area (TPSA) is 108 Å². The van der Waals surface area contributed by atoms with Crippen LogP contribution in [-0.2, 0) is 14.3 Å². The molecular formula is C21H16N2O7. The lowest BCUT2D eigenvalue weighted by atomic mass is 10.0. The van der Waals surface area contributed by atoms with Crippen molar-refractivity contribution in [3.63, 3.8) is 0 Å². The molecule has 9 nitrogen and oxygen atoms in total. The third kappa shape index (κ3) is 3.16. The van der Waals surface area contributed by atoms with Crippen LogP contribution in [0.5, 0.6) is 11.5 Å². The van der Waals surface area contributed by atoms with Crippen LogP contribution in [0.3, 0.4) is 0 Å². The van der Waals surface area contributed by atoms with Crippen LogP contribution in [0.1, 0.15) is 12.5 Å². The molecule has 2 heterocycles. The van der Waals surface area contributed by atoms with Gasteiger partial charge in [0.25, 0.3) is 11.6 Å². The maximum atomic E-state index is 13.2. The molecule has 0 aliphatic carbocycles. The predicted octanol–water partition coefficient (Wildman–Crippen LogP) is 3.20. The van der Waals surface area contributed by atoms with Crippen molar-refractivity contribution in [2.75, 3.05) is 18.8 Å². The van der Waals surface area contributed by atoms with Crippen LogP contribution in [0.15, 0.2) is 59.3 Å². The van der Waals surface area contributed by atoms with Crippen molar-refractivity contribution in [1.29, 1.82) is 0 Å². The van der Waals surface area contributed by atoms with Crippen molar-refractivity contribution in [1.82, 2.24) is 0 Å². The second-order valence-electron chi connectivity index (χ2n) is 6.54. The molecule has 0 spiro atoms. The Bertz CT molecular complexity index is 1130. The fraction of sp³-hybridized carbons (Fsp3) is 0.143. The van der Waals surface area contributed by atoms with Crippen molar-refractivity contribution in [3.8, 4) is 11.5 Å². The van der Waals surface area contributed by atoms with Crippen LogP contribution in [0, 0.1) is 10.1 Å². The van der Waals surface area contributed by atoms with Gasteiger partial charge in [-0.05, 0) is 42.8 Å². The molecular weight excluding hydrogens is 392 g/mol. The Morgan fingerprint density at radius 3 is 2.53 bits per heavy atom. The van der Waals surface area contributed by atoms with E-state index in [1.165, 1.54) is 36.3 Å². The van der Waals surface area contributed by atoms with Crippen molar-refractivity contribution in [3.05, 3.63) is 75.0 Å². The highest BCUT2D eigenvalue weighted by molar-refractivity contribution is 6.23. The van der Waals surface area contributed by atoms with E-state index in [0.717, 1.165) is 0 Å². The fourth-order valence-corrected chi connectivity index (χ4v) is 3.38. The highest BCUT2D eigenvalue weighted by atomic mass is 16.7. The summed E-state index contributed by atoms with van der Waals surface area (Å²) in [4.78, 5) is 37.4. The molecule has 0 unspecified atom stereocenters. The Morgan fingerprint density at radius 1 is 1.17 bits per heavy atom. The molecule has 2 aliphatic rings. The number of nitro groups is 1. The maximum Gasteiger partial charge on any atom is 0.340 e. The molecule has 0 N–H and O–H groups in total. The molecule has 2 aromatic carbocycles. The van der Waals surface area contributed by atoms with Crippen molar-refractivity contribution >= 4 is 29.3 Å². The number of nitro benzene ring substituents is 1. The number of benzene rings is 2. The SMILES string of the molecule is COC(=O)C1=C(C)N(c2ccc([N+](=O)[O-])cc2)C(=O)/C1=C\c1ccc2c(c1)OCO2. The number of allylic oxidation sites excluding steroid dienone is 1. The van der Waals surface area contributed by atoms with Gasteiger partial charge in [0.05, 0.1) is 23.2 Å². The van der Waals surface area contributed by atoms with Crippen LogP contribution in [-0.4, -0.2) is 30.7 Å². The van der Waals surface area contributed by atoms with Crippen LogP contribution < -0.4 is 14.4 Å². The average Bonchev–Trinajstić information content (AvgIpc) is 3.30. The molecule has 4 rings (SSSR count). The Hall–Kier alpha value is -4.14. The number of hydrogen-bond acceptors (Lipinski definition) is 7. The summed E-state index contributed by atoms with van der Waals surface area (Å²) in [7, 11) is 1.24. The normalized spacial score (nSPS) is 16.4. The van der Waals surface area contributed by atoms with E-state index in [1.54, 1.807) is 31.2 Å². The summed E-state index contributed by atoms with van der Waals surface area (Å²) >= 11 is 0. The number of non-ortho nitro benzene ring substituents is 1. The number of fused-ring (bicyclic) bond motifs is 1. The molecule has 1 amide bonds. The average molecular weight is 408 g/mol. The van der Waals surface area contributed by atoms with E-state index in [0.29, 0.717) is 28.4 Å². The maximum absolute atomic E-state index is 13.2. The molecule has 152 valence electrons. The zero-order chi connectivity index (χ0) is 21.4. The molecule has 0 aromatic heterocycles. The lowest BCUT2D eigenvalue weighted by Crippen LogP contribution is -2.24. The van der Waals surface area contributed by atoms with E-state index in [2.05, 4.69) is 0 Å². The van der Waals surface area contributed by atoms with E-state index in [1.807, 2.05) is 0 Å². The van der Waals surface area contributed by atoms with Gasteiger partial charge in [0.2, 0.25) is 6.79 Å². The molecule has 0 saturated heterocycles. The van der Waals surface area contributed by atoms with Gasteiger partial charge >= 0.3 is 5.97 Å². The third-order valence-corrected chi connectivity index (χ3v) is 4.82. The number of hydrogen-bond donors (Lipinski definition) is 0. The second-order valence-corrected chi connectivity index (χ2v) is 6.54. The first kappa shape index (κ1) is 19.2. The van der Waals surface area contributed by atoms with Crippen molar-refractivity contribution in [2.45, 2.75) is 6.92 Å². The smallest absolute Gasteiger partial charge is 0.340 e. The largest absolute Gasteiger partial charge is 0.465 e. The first-order valence-electron chi connectivity index (χ1n) is 8.90. The highest BCUT2D eigenvalue weighted by Gasteiger charge is 2.38. The fourth-order valence-electron chi connectivity index (χ4n) is 3.38. The Balaban J connectivity index is 1.78. The summed E-state index contributed by atoms with van der Waals surface area (Å²) in [5.41, 5.74) is 1.58. The van der Waals surface area contributed by atoms with Crippen LogP contribution >= 0.6 is 0 Å². The number of carbonyl (C=O) groups is 2. The summed E-state index contributed by atoms with van der Waals surface area (Å²) in [6.45, 7) is 1.74. The van der Waals surface area contributed by atoms with Gasteiger partial charge in [0, 0.05) is 23.5 Å². The lowest BCUT2D eigenvalue weighted by molar-refractivity contribution is -0.384. The van der Waals surface area contributed by atoms with Crippen LogP contribution in [0.25, 0.3) is 6.08 Å². The highest BCUT2D eigenvalue weighted by Crippen LogP contribution is 2.38. The minimum absolute atomic E-state index is 0.101. The first-order chi connectivity index (χ1) is 14.4.